The van der Waals surface area contributed by atoms with Crippen molar-refractivity contribution in [1.29, 1.82) is 0 Å². The molecule has 0 aromatic heterocycles. The normalized spacial score (nSPS) is 23.4. The highest BCUT2D eigenvalue weighted by Crippen LogP contribution is 2.23. The first-order valence-corrected chi connectivity index (χ1v) is 7.03. The minimum absolute atomic E-state index is 0.0798. The molecule has 0 bridgehead atoms. The average Bonchev–Trinajstić information content (AvgIpc) is 2.64. The molecule has 3 N–H and O–H groups in total. The van der Waals surface area contributed by atoms with Gasteiger partial charge in [-0.15, -0.1) is 0 Å². The minimum Gasteiger partial charge on any atom is -0.396 e. The van der Waals surface area contributed by atoms with Crippen LogP contribution in [0.25, 0.3) is 0 Å². The van der Waals surface area contributed by atoms with Gasteiger partial charge in [-0.05, 0) is 25.0 Å². The molecule has 1 aromatic carbocycles. The number of rotatable bonds is 3. The lowest BCUT2D eigenvalue weighted by atomic mass is 9.96. The van der Waals surface area contributed by atoms with E-state index >= 15 is 0 Å². The van der Waals surface area contributed by atoms with Gasteiger partial charge in [-0.25, -0.2) is 4.79 Å². The zero-order valence-corrected chi connectivity index (χ0v) is 11.1. The topological polar surface area (TPSA) is 61.4 Å². The molecule has 0 radical (unpaired) electrons. The van der Waals surface area contributed by atoms with E-state index in [0.717, 1.165) is 31.4 Å². The molecule has 19 heavy (non-hydrogen) atoms. The summed E-state index contributed by atoms with van der Waals surface area (Å²) in [4.78, 5) is 12.0. The number of carbonyl (C=O) groups excluding carboxylic acids is 1. The van der Waals surface area contributed by atoms with Gasteiger partial charge in [0.05, 0.1) is 0 Å². The Labute approximate surface area is 114 Å². The van der Waals surface area contributed by atoms with Gasteiger partial charge in [0.15, 0.2) is 0 Å². The second-order valence-corrected chi connectivity index (χ2v) is 5.15. The Morgan fingerprint density at radius 2 is 1.89 bits per heavy atom. The first-order valence-electron chi connectivity index (χ1n) is 7.03. The smallest absolute Gasteiger partial charge is 0.319 e. The number of amides is 2. The molecule has 4 heteroatoms. The molecule has 1 saturated carbocycles. The van der Waals surface area contributed by atoms with Crippen molar-refractivity contribution in [3.63, 3.8) is 0 Å². The molecular formula is C15H22N2O2. The Balaban J connectivity index is 1.89. The molecule has 0 spiro atoms. The van der Waals surface area contributed by atoms with Crippen LogP contribution < -0.4 is 10.6 Å². The van der Waals surface area contributed by atoms with Gasteiger partial charge in [0.1, 0.15) is 0 Å². The second-order valence-electron chi connectivity index (χ2n) is 5.15. The van der Waals surface area contributed by atoms with Crippen molar-refractivity contribution in [1.82, 2.24) is 5.32 Å². The number of aliphatic hydroxyl groups excluding tert-OH is 1. The maximum atomic E-state index is 12.0. The van der Waals surface area contributed by atoms with Gasteiger partial charge in [0, 0.05) is 24.3 Å². The Bertz CT molecular complexity index is 394. The third kappa shape index (κ3) is 4.24. The standard InChI is InChI=1S/C15H22N2O2/c18-11-12-7-3-1-6-10-14(12)17-15(19)16-13-8-4-2-5-9-13/h2,4-5,8-9,12,14,18H,1,3,6-7,10-11H2,(H2,16,17,19). The molecular weight excluding hydrogens is 240 g/mol. The molecule has 104 valence electrons. The molecule has 2 unspecified atom stereocenters. The van der Waals surface area contributed by atoms with Crippen LogP contribution in [0.2, 0.25) is 0 Å². The highest BCUT2D eigenvalue weighted by Gasteiger charge is 2.24. The number of para-hydroxylation sites is 1. The first-order chi connectivity index (χ1) is 9.29. The number of aliphatic hydroxyl groups is 1. The quantitative estimate of drug-likeness (QED) is 0.733. The second kappa shape index (κ2) is 7.14. The molecule has 2 rings (SSSR count). The lowest BCUT2D eigenvalue weighted by molar-refractivity contribution is 0.182. The lowest BCUT2D eigenvalue weighted by Crippen LogP contribution is -2.43. The van der Waals surface area contributed by atoms with Crippen molar-refractivity contribution < 1.29 is 9.90 Å². The van der Waals surface area contributed by atoms with Crippen LogP contribution >= 0.6 is 0 Å². The number of anilines is 1. The van der Waals surface area contributed by atoms with E-state index in [-0.39, 0.29) is 24.6 Å². The molecule has 0 saturated heterocycles. The first kappa shape index (κ1) is 13.9. The zero-order chi connectivity index (χ0) is 13.5. The number of benzene rings is 1. The van der Waals surface area contributed by atoms with Crippen molar-refractivity contribution in [3.8, 4) is 0 Å². The Morgan fingerprint density at radius 1 is 1.16 bits per heavy atom. The van der Waals surface area contributed by atoms with Gasteiger partial charge in [0.25, 0.3) is 0 Å². The monoisotopic (exact) mass is 262 g/mol. The summed E-state index contributed by atoms with van der Waals surface area (Å²) in [5.74, 6) is 0.184. The zero-order valence-electron chi connectivity index (χ0n) is 11.1. The summed E-state index contributed by atoms with van der Waals surface area (Å²) in [6.07, 6.45) is 5.39. The summed E-state index contributed by atoms with van der Waals surface area (Å²) in [6.45, 7) is 0.149. The van der Waals surface area contributed by atoms with Gasteiger partial charge in [-0.2, -0.15) is 0 Å². The van der Waals surface area contributed by atoms with Crippen LogP contribution in [0.3, 0.4) is 0 Å². The minimum atomic E-state index is -0.184. The SMILES string of the molecule is O=C(Nc1ccccc1)NC1CCCCCC1CO. The highest BCUT2D eigenvalue weighted by atomic mass is 16.3. The molecule has 0 aliphatic heterocycles. The van der Waals surface area contributed by atoms with Gasteiger partial charge < -0.3 is 15.7 Å². The van der Waals surface area contributed by atoms with Crippen molar-refractivity contribution in [2.45, 2.75) is 38.1 Å². The predicted octanol–water partition coefficient (Wildman–Crippen LogP) is 2.75. The van der Waals surface area contributed by atoms with E-state index in [1.54, 1.807) is 0 Å². The molecule has 1 aliphatic rings. The van der Waals surface area contributed by atoms with E-state index in [1.807, 2.05) is 30.3 Å². The fraction of sp³-hybridized carbons (Fsp3) is 0.533. The van der Waals surface area contributed by atoms with Crippen molar-refractivity contribution in [2.75, 3.05) is 11.9 Å². The number of carbonyl (C=O) groups is 1. The number of urea groups is 1. The van der Waals surface area contributed by atoms with E-state index in [2.05, 4.69) is 10.6 Å². The predicted molar refractivity (Wildman–Crippen MR) is 76.0 cm³/mol. The third-order valence-electron chi connectivity index (χ3n) is 3.74. The number of nitrogens with one attached hydrogen (secondary N) is 2. The average molecular weight is 262 g/mol. The molecule has 1 aromatic rings. The van der Waals surface area contributed by atoms with E-state index in [9.17, 15) is 9.90 Å². The van der Waals surface area contributed by atoms with Crippen molar-refractivity contribution in [2.24, 2.45) is 5.92 Å². The molecule has 0 heterocycles. The summed E-state index contributed by atoms with van der Waals surface area (Å²) in [7, 11) is 0. The maximum Gasteiger partial charge on any atom is 0.319 e. The van der Waals surface area contributed by atoms with Crippen LogP contribution in [0.4, 0.5) is 10.5 Å². The van der Waals surface area contributed by atoms with Crippen LogP contribution in [0.5, 0.6) is 0 Å². The summed E-state index contributed by atoms with van der Waals surface area (Å²) < 4.78 is 0. The highest BCUT2D eigenvalue weighted by molar-refractivity contribution is 5.89. The van der Waals surface area contributed by atoms with E-state index < -0.39 is 0 Å². The van der Waals surface area contributed by atoms with Crippen LogP contribution in [0, 0.1) is 5.92 Å². The van der Waals surface area contributed by atoms with Crippen LogP contribution in [-0.2, 0) is 0 Å². The Morgan fingerprint density at radius 3 is 2.63 bits per heavy atom. The summed E-state index contributed by atoms with van der Waals surface area (Å²) in [5, 5.41) is 15.2. The molecule has 2 atom stereocenters. The van der Waals surface area contributed by atoms with Crippen LogP contribution in [0.1, 0.15) is 32.1 Å². The van der Waals surface area contributed by atoms with Crippen LogP contribution in [0.15, 0.2) is 30.3 Å². The largest absolute Gasteiger partial charge is 0.396 e. The summed E-state index contributed by atoms with van der Waals surface area (Å²) in [5.41, 5.74) is 0.786. The summed E-state index contributed by atoms with van der Waals surface area (Å²) in [6, 6.07) is 9.30. The fourth-order valence-electron chi connectivity index (χ4n) is 2.65. The molecule has 1 aliphatic carbocycles. The van der Waals surface area contributed by atoms with Crippen molar-refractivity contribution >= 4 is 11.7 Å². The van der Waals surface area contributed by atoms with E-state index in [1.165, 1.54) is 6.42 Å². The third-order valence-corrected chi connectivity index (χ3v) is 3.74. The molecule has 2 amide bonds. The Kier molecular flexibility index (Phi) is 5.21. The van der Waals surface area contributed by atoms with Gasteiger partial charge in [-0.3, -0.25) is 0 Å². The lowest BCUT2D eigenvalue weighted by Gasteiger charge is -2.24. The molecule has 1 fully saturated rings. The number of hydrogen-bond acceptors (Lipinski definition) is 2. The molecule has 4 nitrogen and oxygen atoms in total. The van der Waals surface area contributed by atoms with Gasteiger partial charge in [-0.1, -0.05) is 37.5 Å². The summed E-state index contributed by atoms with van der Waals surface area (Å²) >= 11 is 0. The Hall–Kier alpha value is -1.55. The fourth-order valence-corrected chi connectivity index (χ4v) is 2.65. The van der Waals surface area contributed by atoms with Crippen molar-refractivity contribution in [3.05, 3.63) is 30.3 Å². The van der Waals surface area contributed by atoms with E-state index in [4.69, 9.17) is 0 Å². The van der Waals surface area contributed by atoms with E-state index in [0.29, 0.717) is 0 Å². The maximum absolute atomic E-state index is 12.0. The van der Waals surface area contributed by atoms with Crippen LogP contribution in [-0.4, -0.2) is 23.8 Å². The van der Waals surface area contributed by atoms with Gasteiger partial charge >= 0.3 is 6.03 Å². The van der Waals surface area contributed by atoms with Gasteiger partial charge in [0.2, 0.25) is 0 Å². The number of hydrogen-bond donors (Lipinski definition) is 3.